The third-order valence-electron chi connectivity index (χ3n) is 1.55. The lowest BCUT2D eigenvalue weighted by Crippen LogP contribution is -2.20. The summed E-state index contributed by atoms with van der Waals surface area (Å²) in [5.41, 5.74) is 0. The van der Waals surface area contributed by atoms with Crippen LogP contribution in [0.2, 0.25) is 0 Å². The third-order valence-corrected chi connectivity index (χ3v) is 4.64. The Morgan fingerprint density at radius 1 is 0.800 bits per heavy atom. The first-order valence-corrected chi connectivity index (χ1v) is 7.91. The van der Waals surface area contributed by atoms with Crippen molar-refractivity contribution in [3.63, 3.8) is 0 Å². The van der Waals surface area contributed by atoms with Crippen molar-refractivity contribution in [2.45, 2.75) is 0 Å². The van der Waals surface area contributed by atoms with Gasteiger partial charge < -0.3 is 10.2 Å². The highest BCUT2D eigenvalue weighted by Crippen LogP contribution is 1.97. The molecule has 0 aliphatic carbocycles. The molecule has 0 aliphatic heterocycles. The van der Waals surface area contributed by atoms with E-state index in [4.69, 9.17) is 10.2 Å². The molecule has 0 spiro atoms. The monoisotopic (exact) mass is 259 g/mol. The first-order chi connectivity index (χ1) is 6.83. The highest BCUT2D eigenvalue weighted by Gasteiger charge is 2.14. The number of hydrogen-bond acceptors (Lipinski definition) is 6. The van der Waals surface area contributed by atoms with Gasteiger partial charge in [0.1, 0.15) is 0 Å². The molecule has 0 aromatic rings. The second-order valence-corrected chi connectivity index (χ2v) is 7.42. The van der Waals surface area contributed by atoms with Crippen LogP contribution in [0.25, 0.3) is 0 Å². The Balaban J connectivity index is 4.00. The standard InChI is InChI=1S/C7H15O6S2/c8-2-6-14(10,11)4-1-5-15(12,13)7-3-9/h1,8-9H,2-7H2. The van der Waals surface area contributed by atoms with Crippen LogP contribution in [0.15, 0.2) is 0 Å². The van der Waals surface area contributed by atoms with E-state index in [1.165, 1.54) is 0 Å². The van der Waals surface area contributed by atoms with Crippen molar-refractivity contribution in [1.29, 1.82) is 0 Å². The smallest absolute Gasteiger partial charge is 0.152 e. The maximum atomic E-state index is 11.0. The fourth-order valence-corrected chi connectivity index (χ4v) is 2.84. The van der Waals surface area contributed by atoms with E-state index >= 15 is 0 Å². The lowest BCUT2D eigenvalue weighted by atomic mass is 10.6. The molecular weight excluding hydrogens is 244 g/mol. The minimum Gasteiger partial charge on any atom is -0.395 e. The van der Waals surface area contributed by atoms with Crippen LogP contribution >= 0.6 is 0 Å². The zero-order valence-electron chi connectivity index (χ0n) is 8.16. The van der Waals surface area contributed by atoms with Gasteiger partial charge in [-0.15, -0.1) is 0 Å². The number of rotatable bonds is 8. The maximum absolute atomic E-state index is 11.0. The normalized spacial score (nSPS) is 12.9. The molecule has 15 heavy (non-hydrogen) atoms. The van der Waals surface area contributed by atoms with Crippen LogP contribution in [0.1, 0.15) is 0 Å². The molecule has 0 saturated carbocycles. The summed E-state index contributed by atoms with van der Waals surface area (Å²) in [7, 11) is -6.80. The summed E-state index contributed by atoms with van der Waals surface area (Å²) in [6.45, 7) is -0.945. The Bertz CT molecular complexity index is 319. The van der Waals surface area contributed by atoms with Crippen LogP contribution in [0, 0.1) is 6.42 Å². The predicted molar refractivity (Wildman–Crippen MR) is 55.8 cm³/mol. The Morgan fingerprint density at radius 2 is 1.13 bits per heavy atom. The molecular formula is C7H15O6S2. The average Bonchev–Trinajstić information content (AvgIpc) is 2.02. The van der Waals surface area contributed by atoms with Crippen LogP contribution in [0.5, 0.6) is 0 Å². The zero-order valence-corrected chi connectivity index (χ0v) is 9.80. The van der Waals surface area contributed by atoms with E-state index < -0.39 is 32.9 Å². The fraction of sp³-hybridized carbons (Fsp3) is 0.857. The Morgan fingerprint density at radius 3 is 1.40 bits per heavy atom. The van der Waals surface area contributed by atoms with Gasteiger partial charge in [-0.05, 0) is 6.42 Å². The summed E-state index contributed by atoms with van der Waals surface area (Å²) in [4.78, 5) is 0. The van der Waals surface area contributed by atoms with Crippen molar-refractivity contribution in [1.82, 2.24) is 0 Å². The molecule has 0 bridgehead atoms. The summed E-state index contributed by atoms with van der Waals surface area (Å²) in [6.07, 6.45) is 1.12. The van der Waals surface area contributed by atoms with Gasteiger partial charge in [-0.2, -0.15) is 0 Å². The number of sulfone groups is 2. The molecule has 0 rings (SSSR count). The zero-order chi connectivity index (χ0) is 11.9. The van der Waals surface area contributed by atoms with Crippen molar-refractivity contribution in [2.24, 2.45) is 0 Å². The summed E-state index contributed by atoms with van der Waals surface area (Å²) < 4.78 is 44.2. The minimum absolute atomic E-state index is 0.371. The summed E-state index contributed by atoms with van der Waals surface area (Å²) in [6, 6.07) is 0. The lowest BCUT2D eigenvalue weighted by Gasteiger charge is -2.02. The van der Waals surface area contributed by atoms with Gasteiger partial charge in [0.25, 0.3) is 0 Å². The number of aliphatic hydroxyl groups excluding tert-OH is 2. The Kier molecular flexibility index (Phi) is 6.34. The van der Waals surface area contributed by atoms with Crippen LogP contribution in [-0.4, -0.2) is 63.3 Å². The van der Waals surface area contributed by atoms with Gasteiger partial charge in [-0.3, -0.25) is 0 Å². The highest BCUT2D eigenvalue weighted by atomic mass is 32.2. The topological polar surface area (TPSA) is 109 Å². The second-order valence-electron chi connectivity index (χ2n) is 2.96. The van der Waals surface area contributed by atoms with Crippen molar-refractivity contribution in [3.8, 4) is 0 Å². The van der Waals surface area contributed by atoms with Gasteiger partial charge in [0.2, 0.25) is 0 Å². The Hall–Kier alpha value is -0.180. The molecule has 0 amide bonds. The first-order valence-electron chi connectivity index (χ1n) is 4.27. The predicted octanol–water partition coefficient (Wildman–Crippen LogP) is -2.00. The van der Waals surface area contributed by atoms with Gasteiger partial charge in [-0.1, -0.05) is 0 Å². The van der Waals surface area contributed by atoms with E-state index in [9.17, 15) is 16.8 Å². The molecule has 1 radical (unpaired) electrons. The summed E-state index contributed by atoms with van der Waals surface area (Å²) in [5.74, 6) is -1.50. The first kappa shape index (κ1) is 14.8. The molecule has 0 atom stereocenters. The van der Waals surface area contributed by atoms with E-state index in [1.54, 1.807) is 0 Å². The third kappa shape index (κ3) is 7.71. The number of hydrogen-bond donors (Lipinski definition) is 2. The largest absolute Gasteiger partial charge is 0.395 e. The van der Waals surface area contributed by atoms with Gasteiger partial charge in [-0.25, -0.2) is 16.8 Å². The van der Waals surface area contributed by atoms with E-state index in [-0.39, 0.29) is 23.0 Å². The molecule has 8 heteroatoms. The average molecular weight is 259 g/mol. The van der Waals surface area contributed by atoms with E-state index in [2.05, 4.69) is 0 Å². The second kappa shape index (κ2) is 6.41. The number of aliphatic hydroxyl groups is 2. The molecule has 2 N–H and O–H groups in total. The van der Waals surface area contributed by atoms with Gasteiger partial charge in [0.05, 0.1) is 36.2 Å². The molecule has 0 unspecified atom stereocenters. The highest BCUT2D eigenvalue weighted by molar-refractivity contribution is 7.92. The lowest BCUT2D eigenvalue weighted by molar-refractivity contribution is 0.319. The fourth-order valence-electron chi connectivity index (χ4n) is 0.852. The van der Waals surface area contributed by atoms with Crippen molar-refractivity contribution in [2.75, 3.05) is 36.2 Å². The summed E-state index contributed by atoms with van der Waals surface area (Å²) in [5, 5.41) is 16.8. The van der Waals surface area contributed by atoms with Gasteiger partial charge >= 0.3 is 0 Å². The molecule has 0 aromatic heterocycles. The molecule has 0 heterocycles. The summed E-state index contributed by atoms with van der Waals surface area (Å²) >= 11 is 0. The van der Waals surface area contributed by atoms with Crippen LogP contribution in [0.4, 0.5) is 0 Å². The molecule has 0 aliphatic rings. The van der Waals surface area contributed by atoms with Crippen LogP contribution < -0.4 is 0 Å². The molecule has 0 fully saturated rings. The van der Waals surface area contributed by atoms with Crippen molar-refractivity contribution < 1.29 is 27.0 Å². The SMILES string of the molecule is O=S(=O)(C[CH]CS(=O)(=O)CCO)CCO. The molecule has 0 saturated heterocycles. The quantitative estimate of drug-likeness (QED) is 0.522. The maximum Gasteiger partial charge on any atom is 0.152 e. The van der Waals surface area contributed by atoms with Crippen molar-refractivity contribution >= 4 is 19.7 Å². The van der Waals surface area contributed by atoms with E-state index in [0.717, 1.165) is 6.42 Å². The van der Waals surface area contributed by atoms with E-state index in [0.29, 0.717) is 0 Å². The molecule has 91 valence electrons. The molecule has 6 nitrogen and oxygen atoms in total. The van der Waals surface area contributed by atoms with Crippen LogP contribution in [-0.2, 0) is 19.7 Å². The van der Waals surface area contributed by atoms with E-state index in [1.807, 2.05) is 0 Å². The molecule has 0 aromatic carbocycles. The van der Waals surface area contributed by atoms with Crippen molar-refractivity contribution in [3.05, 3.63) is 6.42 Å². The van der Waals surface area contributed by atoms with Crippen LogP contribution in [0.3, 0.4) is 0 Å². The minimum atomic E-state index is -3.40. The van der Waals surface area contributed by atoms with Gasteiger partial charge in [0, 0.05) is 0 Å². The Labute approximate surface area is 89.8 Å². The van der Waals surface area contributed by atoms with Gasteiger partial charge in [0.15, 0.2) is 19.7 Å².